The number of hydrogen-bond acceptors (Lipinski definition) is 1. The van der Waals surface area contributed by atoms with Gasteiger partial charge in [-0.15, -0.1) is 0 Å². The second kappa shape index (κ2) is 5.99. The number of rotatable bonds is 3. The Hall–Kier alpha value is -1.84. The van der Waals surface area contributed by atoms with Crippen molar-refractivity contribution in [2.24, 2.45) is 0 Å². The molecule has 1 saturated heterocycles. The average Bonchev–Trinajstić information content (AvgIpc) is 2.97. The monoisotopic (exact) mass is 316 g/mol. The number of likely N-dealkylation sites (tertiary alicyclic amines) is 1. The SMILES string of the molecule is CCC1CCCCN1C(=O)C(C)(C)c1c[nH]c2ccc(F)cc12. The molecule has 1 aliphatic heterocycles. The lowest BCUT2D eigenvalue weighted by molar-refractivity contribution is -0.140. The molecule has 23 heavy (non-hydrogen) atoms. The number of fused-ring (bicyclic) bond motifs is 1. The first-order valence-electron chi connectivity index (χ1n) is 8.53. The number of carbonyl (C=O) groups is 1. The van der Waals surface area contributed by atoms with E-state index < -0.39 is 5.41 Å². The van der Waals surface area contributed by atoms with E-state index in [9.17, 15) is 9.18 Å². The molecule has 1 fully saturated rings. The first-order chi connectivity index (χ1) is 10.9. The first-order valence-corrected chi connectivity index (χ1v) is 8.53. The number of aromatic nitrogens is 1. The number of nitrogens with zero attached hydrogens (tertiary/aromatic N) is 1. The van der Waals surface area contributed by atoms with Crippen molar-refractivity contribution in [3.8, 4) is 0 Å². The highest BCUT2D eigenvalue weighted by atomic mass is 19.1. The number of amides is 1. The second-order valence-corrected chi connectivity index (χ2v) is 7.07. The second-order valence-electron chi connectivity index (χ2n) is 7.07. The van der Waals surface area contributed by atoms with Crippen LogP contribution in [-0.4, -0.2) is 28.4 Å². The number of piperidine rings is 1. The number of benzene rings is 1. The van der Waals surface area contributed by atoms with Crippen molar-refractivity contribution in [2.45, 2.75) is 57.9 Å². The lowest BCUT2D eigenvalue weighted by atomic mass is 9.81. The summed E-state index contributed by atoms with van der Waals surface area (Å²) in [4.78, 5) is 18.4. The summed E-state index contributed by atoms with van der Waals surface area (Å²) in [5, 5.41) is 0.799. The molecule has 1 N–H and O–H groups in total. The number of carbonyl (C=O) groups excluding carboxylic acids is 1. The van der Waals surface area contributed by atoms with Gasteiger partial charge in [-0.05, 0) is 63.3 Å². The van der Waals surface area contributed by atoms with E-state index >= 15 is 0 Å². The van der Waals surface area contributed by atoms with E-state index in [4.69, 9.17) is 0 Å². The van der Waals surface area contributed by atoms with Crippen LogP contribution in [0, 0.1) is 5.82 Å². The van der Waals surface area contributed by atoms with Crippen LogP contribution in [0.15, 0.2) is 24.4 Å². The summed E-state index contributed by atoms with van der Waals surface area (Å²) in [7, 11) is 0. The van der Waals surface area contributed by atoms with Crippen molar-refractivity contribution in [2.75, 3.05) is 6.54 Å². The van der Waals surface area contributed by atoms with Gasteiger partial charge in [0.2, 0.25) is 5.91 Å². The standard InChI is InChI=1S/C19H25FN2O/c1-4-14-7-5-6-10-22(14)18(23)19(2,3)16-12-21-17-9-8-13(20)11-15(16)17/h8-9,11-12,14,21H,4-7,10H2,1-3H3. The van der Waals surface area contributed by atoms with E-state index in [1.807, 2.05) is 24.9 Å². The van der Waals surface area contributed by atoms with E-state index in [-0.39, 0.29) is 11.7 Å². The Morgan fingerprint density at radius 2 is 2.17 bits per heavy atom. The summed E-state index contributed by atoms with van der Waals surface area (Å²) in [5.74, 6) is -0.125. The predicted octanol–water partition coefficient (Wildman–Crippen LogP) is 4.38. The molecule has 0 saturated carbocycles. The van der Waals surface area contributed by atoms with Gasteiger partial charge in [0.1, 0.15) is 5.82 Å². The molecule has 1 aromatic heterocycles. The third kappa shape index (κ3) is 2.75. The minimum atomic E-state index is -0.670. The molecule has 1 amide bonds. The molecule has 4 heteroatoms. The van der Waals surface area contributed by atoms with Crippen molar-refractivity contribution < 1.29 is 9.18 Å². The van der Waals surface area contributed by atoms with Crippen LogP contribution in [0.5, 0.6) is 0 Å². The molecule has 3 rings (SSSR count). The fourth-order valence-electron chi connectivity index (χ4n) is 3.78. The molecule has 124 valence electrons. The zero-order valence-corrected chi connectivity index (χ0v) is 14.2. The molecule has 0 bridgehead atoms. The molecule has 2 aromatic rings. The highest BCUT2D eigenvalue weighted by Crippen LogP contribution is 2.34. The van der Waals surface area contributed by atoms with Gasteiger partial charge < -0.3 is 9.88 Å². The first kappa shape index (κ1) is 16.0. The van der Waals surface area contributed by atoms with Gasteiger partial charge in [-0.2, -0.15) is 0 Å². The van der Waals surface area contributed by atoms with Gasteiger partial charge in [0, 0.05) is 29.7 Å². The smallest absolute Gasteiger partial charge is 0.232 e. The summed E-state index contributed by atoms with van der Waals surface area (Å²) in [6.07, 6.45) is 6.19. The molecule has 1 aromatic carbocycles. The minimum absolute atomic E-state index is 0.147. The topological polar surface area (TPSA) is 36.1 Å². The summed E-state index contributed by atoms with van der Waals surface area (Å²) >= 11 is 0. The third-order valence-electron chi connectivity index (χ3n) is 5.21. The highest BCUT2D eigenvalue weighted by molar-refractivity contribution is 5.94. The largest absolute Gasteiger partial charge is 0.361 e. The number of halogens is 1. The fourth-order valence-corrected chi connectivity index (χ4v) is 3.78. The van der Waals surface area contributed by atoms with Gasteiger partial charge in [-0.25, -0.2) is 4.39 Å². The van der Waals surface area contributed by atoms with Crippen LogP contribution in [0.2, 0.25) is 0 Å². The molecule has 0 aliphatic carbocycles. The number of hydrogen-bond donors (Lipinski definition) is 1. The summed E-state index contributed by atoms with van der Waals surface area (Å²) in [6, 6.07) is 5.01. The van der Waals surface area contributed by atoms with Crippen molar-refractivity contribution in [3.05, 3.63) is 35.8 Å². The Morgan fingerprint density at radius 3 is 2.91 bits per heavy atom. The molecular weight excluding hydrogens is 291 g/mol. The lowest BCUT2D eigenvalue weighted by Crippen LogP contribution is -2.50. The number of aromatic amines is 1. The molecule has 1 atom stereocenters. The Labute approximate surface area is 136 Å². The molecule has 2 heterocycles. The highest BCUT2D eigenvalue weighted by Gasteiger charge is 2.38. The van der Waals surface area contributed by atoms with Crippen LogP contribution in [0.25, 0.3) is 10.9 Å². The summed E-state index contributed by atoms with van der Waals surface area (Å²) in [6.45, 7) is 6.87. The maximum Gasteiger partial charge on any atom is 0.232 e. The quantitative estimate of drug-likeness (QED) is 0.896. The van der Waals surface area contributed by atoms with E-state index in [2.05, 4.69) is 11.9 Å². The van der Waals surface area contributed by atoms with Crippen molar-refractivity contribution in [3.63, 3.8) is 0 Å². The summed E-state index contributed by atoms with van der Waals surface area (Å²) < 4.78 is 13.6. The molecular formula is C19H25FN2O. The number of nitrogens with one attached hydrogen (secondary N) is 1. The van der Waals surface area contributed by atoms with Gasteiger partial charge in [0.15, 0.2) is 0 Å². The van der Waals surface area contributed by atoms with E-state index in [1.165, 1.54) is 18.6 Å². The Morgan fingerprint density at radius 1 is 1.39 bits per heavy atom. The fraction of sp³-hybridized carbons (Fsp3) is 0.526. The molecule has 0 spiro atoms. The normalized spacial score (nSPS) is 19.3. The lowest BCUT2D eigenvalue weighted by Gasteiger charge is -2.40. The van der Waals surface area contributed by atoms with Crippen molar-refractivity contribution >= 4 is 16.8 Å². The average molecular weight is 316 g/mol. The van der Waals surface area contributed by atoms with E-state index in [0.29, 0.717) is 6.04 Å². The van der Waals surface area contributed by atoms with Crippen LogP contribution in [0.4, 0.5) is 4.39 Å². The Kier molecular flexibility index (Phi) is 4.17. The molecule has 0 radical (unpaired) electrons. The van der Waals surface area contributed by atoms with Crippen LogP contribution in [0.1, 0.15) is 52.0 Å². The van der Waals surface area contributed by atoms with Crippen LogP contribution in [0.3, 0.4) is 0 Å². The van der Waals surface area contributed by atoms with Crippen LogP contribution >= 0.6 is 0 Å². The van der Waals surface area contributed by atoms with Gasteiger partial charge in [0.05, 0.1) is 5.41 Å². The number of H-pyrrole nitrogens is 1. The molecule has 1 unspecified atom stereocenters. The van der Waals surface area contributed by atoms with Gasteiger partial charge in [-0.3, -0.25) is 4.79 Å². The molecule has 3 nitrogen and oxygen atoms in total. The minimum Gasteiger partial charge on any atom is -0.361 e. The maximum absolute atomic E-state index is 13.6. The van der Waals surface area contributed by atoms with Crippen LogP contribution < -0.4 is 0 Å². The summed E-state index contributed by atoms with van der Waals surface area (Å²) in [5.41, 5.74) is 1.07. The van der Waals surface area contributed by atoms with Gasteiger partial charge >= 0.3 is 0 Å². The zero-order valence-electron chi connectivity index (χ0n) is 14.2. The van der Waals surface area contributed by atoms with Gasteiger partial charge in [0.25, 0.3) is 0 Å². The third-order valence-corrected chi connectivity index (χ3v) is 5.21. The Balaban J connectivity index is 1.98. The zero-order chi connectivity index (χ0) is 16.6. The van der Waals surface area contributed by atoms with Crippen molar-refractivity contribution in [1.29, 1.82) is 0 Å². The van der Waals surface area contributed by atoms with E-state index in [1.54, 1.807) is 6.07 Å². The van der Waals surface area contributed by atoms with Gasteiger partial charge in [-0.1, -0.05) is 6.92 Å². The predicted molar refractivity (Wildman–Crippen MR) is 90.9 cm³/mol. The maximum atomic E-state index is 13.6. The van der Waals surface area contributed by atoms with E-state index in [0.717, 1.165) is 42.3 Å². The molecule has 1 aliphatic rings. The Bertz CT molecular complexity index is 719. The van der Waals surface area contributed by atoms with Crippen LogP contribution in [-0.2, 0) is 10.2 Å². The van der Waals surface area contributed by atoms with Crippen molar-refractivity contribution in [1.82, 2.24) is 9.88 Å².